The van der Waals surface area contributed by atoms with E-state index in [2.05, 4.69) is 45.9 Å². The van der Waals surface area contributed by atoms with Crippen LogP contribution in [0.3, 0.4) is 0 Å². The molecule has 1 aliphatic rings. The van der Waals surface area contributed by atoms with Crippen molar-refractivity contribution in [3.8, 4) is 11.3 Å². The van der Waals surface area contributed by atoms with Crippen LogP contribution in [0.5, 0.6) is 0 Å². The third-order valence-electron chi connectivity index (χ3n) is 6.27. The maximum Gasteiger partial charge on any atom is 0.407 e. The summed E-state index contributed by atoms with van der Waals surface area (Å²) in [5.41, 5.74) is 2.47. The van der Waals surface area contributed by atoms with Crippen LogP contribution in [0, 0.1) is 0 Å². The minimum Gasteiger partial charge on any atom is -0.456 e. The Labute approximate surface area is 199 Å². The zero-order valence-electron chi connectivity index (χ0n) is 19.9. The van der Waals surface area contributed by atoms with Gasteiger partial charge in [0, 0.05) is 46.5 Å². The Bertz CT molecular complexity index is 1280. The molecule has 4 aromatic rings. The first-order valence-corrected chi connectivity index (χ1v) is 12.0. The topological polar surface area (TPSA) is 76.4 Å². The number of carbonyl (C=O) groups is 1. The number of nitrogens with zero attached hydrogens (tertiary/aromatic N) is 1. The minimum absolute atomic E-state index is 0.162. The van der Waals surface area contributed by atoms with Gasteiger partial charge < -0.3 is 19.8 Å². The van der Waals surface area contributed by atoms with Crippen molar-refractivity contribution < 1.29 is 13.9 Å². The van der Waals surface area contributed by atoms with Gasteiger partial charge in [0.2, 0.25) is 0 Å². The molecule has 0 bridgehead atoms. The number of benzene rings is 2. The quantitative estimate of drug-likeness (QED) is 0.349. The van der Waals surface area contributed by atoms with Crippen LogP contribution in [0.1, 0.15) is 46.5 Å². The summed E-state index contributed by atoms with van der Waals surface area (Å²) >= 11 is 0. The molecule has 6 heteroatoms. The van der Waals surface area contributed by atoms with Crippen LogP contribution in [-0.2, 0) is 4.74 Å². The Balaban J connectivity index is 1.28. The summed E-state index contributed by atoms with van der Waals surface area (Å²) in [6.07, 6.45) is 7.27. The standard InChI is InChI=1S/C28H31N3O3/c1-28(2,3)34-27(32)31-21-12-10-20(11-13-21)30-22-9-8-19-16-29-17-24(23(19)15-22)26-14-18-6-4-5-7-25(18)33-26/h4-9,14-17,20-21,30H,10-13H2,1-3H3,(H,31,32)/t20-,21+. The average molecular weight is 458 g/mol. The number of rotatable bonds is 4. The van der Waals surface area contributed by atoms with E-state index in [0.29, 0.717) is 6.04 Å². The van der Waals surface area contributed by atoms with E-state index in [-0.39, 0.29) is 12.1 Å². The first-order valence-electron chi connectivity index (χ1n) is 12.0. The number of pyridine rings is 1. The lowest BCUT2D eigenvalue weighted by Gasteiger charge is -2.31. The molecule has 1 aliphatic carbocycles. The second-order valence-electron chi connectivity index (χ2n) is 10.1. The van der Waals surface area contributed by atoms with Gasteiger partial charge in [-0.1, -0.05) is 24.3 Å². The van der Waals surface area contributed by atoms with Crippen LogP contribution >= 0.6 is 0 Å². The van der Waals surface area contributed by atoms with Gasteiger partial charge in [-0.15, -0.1) is 0 Å². The second-order valence-corrected chi connectivity index (χ2v) is 10.1. The highest BCUT2D eigenvalue weighted by atomic mass is 16.6. The van der Waals surface area contributed by atoms with Crippen molar-refractivity contribution in [3.63, 3.8) is 0 Å². The third kappa shape index (κ3) is 5.01. The Morgan fingerprint density at radius 3 is 2.50 bits per heavy atom. The molecule has 0 saturated heterocycles. The number of carbonyl (C=O) groups excluding carboxylic acids is 1. The molecule has 2 aromatic heterocycles. The zero-order valence-corrected chi connectivity index (χ0v) is 19.9. The normalized spacial score (nSPS) is 18.7. The lowest BCUT2D eigenvalue weighted by atomic mass is 9.91. The fourth-order valence-electron chi connectivity index (χ4n) is 4.66. The highest BCUT2D eigenvalue weighted by Crippen LogP contribution is 2.34. The molecule has 0 unspecified atom stereocenters. The highest BCUT2D eigenvalue weighted by molar-refractivity contribution is 5.98. The summed E-state index contributed by atoms with van der Waals surface area (Å²) in [5, 5.41) is 9.98. The monoisotopic (exact) mass is 457 g/mol. The molecule has 1 saturated carbocycles. The number of ether oxygens (including phenoxy) is 1. The van der Waals surface area contributed by atoms with Gasteiger partial charge >= 0.3 is 6.09 Å². The van der Waals surface area contributed by atoms with E-state index in [9.17, 15) is 4.79 Å². The first kappa shape index (κ1) is 22.3. The molecule has 2 N–H and O–H groups in total. The van der Waals surface area contributed by atoms with Gasteiger partial charge in [0.15, 0.2) is 0 Å². The number of anilines is 1. The maximum atomic E-state index is 12.1. The lowest BCUT2D eigenvalue weighted by Crippen LogP contribution is -2.42. The van der Waals surface area contributed by atoms with Crippen molar-refractivity contribution in [3.05, 3.63) is 60.9 Å². The molecular weight excluding hydrogens is 426 g/mol. The summed E-state index contributed by atoms with van der Waals surface area (Å²) in [6, 6.07) is 17.0. The van der Waals surface area contributed by atoms with E-state index in [1.165, 1.54) is 0 Å². The molecule has 1 amide bonds. The number of amides is 1. The first-order chi connectivity index (χ1) is 16.3. The van der Waals surface area contributed by atoms with Gasteiger partial charge in [-0.05, 0) is 76.1 Å². The van der Waals surface area contributed by atoms with Gasteiger partial charge in [0.1, 0.15) is 16.9 Å². The number of fused-ring (bicyclic) bond motifs is 2. The molecule has 0 aliphatic heterocycles. The van der Waals surface area contributed by atoms with Crippen LogP contribution in [0.15, 0.2) is 65.3 Å². The summed E-state index contributed by atoms with van der Waals surface area (Å²) < 4.78 is 11.5. The second kappa shape index (κ2) is 9.01. The SMILES string of the molecule is CC(C)(C)OC(=O)N[C@H]1CC[C@@H](Nc2ccc3cncc(-c4cc5ccccc5o4)c3c2)CC1. The fraction of sp³-hybridized carbons (Fsp3) is 0.357. The molecule has 0 spiro atoms. The smallest absolute Gasteiger partial charge is 0.407 e. The summed E-state index contributed by atoms with van der Waals surface area (Å²) in [4.78, 5) is 16.5. The molecule has 34 heavy (non-hydrogen) atoms. The number of furan rings is 1. The van der Waals surface area contributed by atoms with Crippen LogP contribution in [0.2, 0.25) is 0 Å². The van der Waals surface area contributed by atoms with Gasteiger partial charge in [0.05, 0.1) is 0 Å². The van der Waals surface area contributed by atoms with Gasteiger partial charge in [0.25, 0.3) is 0 Å². The van der Waals surface area contributed by atoms with Crippen LogP contribution in [0.4, 0.5) is 10.5 Å². The Hall–Kier alpha value is -3.54. The largest absolute Gasteiger partial charge is 0.456 e. The van der Waals surface area contributed by atoms with Crippen molar-refractivity contribution in [2.24, 2.45) is 0 Å². The minimum atomic E-state index is -0.477. The third-order valence-corrected chi connectivity index (χ3v) is 6.27. The molecule has 0 radical (unpaired) electrons. The number of aromatic nitrogens is 1. The molecule has 1 fully saturated rings. The van der Waals surface area contributed by atoms with Gasteiger partial charge in [-0.3, -0.25) is 4.98 Å². The average Bonchev–Trinajstić information content (AvgIpc) is 3.23. The van der Waals surface area contributed by atoms with Gasteiger partial charge in [-0.2, -0.15) is 0 Å². The van der Waals surface area contributed by atoms with Crippen LogP contribution < -0.4 is 10.6 Å². The predicted molar refractivity (Wildman–Crippen MR) is 136 cm³/mol. The van der Waals surface area contributed by atoms with Gasteiger partial charge in [-0.25, -0.2) is 4.79 Å². The van der Waals surface area contributed by atoms with E-state index < -0.39 is 5.60 Å². The van der Waals surface area contributed by atoms with E-state index in [1.807, 2.05) is 51.4 Å². The highest BCUT2D eigenvalue weighted by Gasteiger charge is 2.25. The number of hydrogen-bond acceptors (Lipinski definition) is 5. The van der Waals surface area contributed by atoms with Crippen LogP contribution in [0.25, 0.3) is 33.1 Å². The van der Waals surface area contributed by atoms with Crippen molar-refractivity contribution in [2.75, 3.05) is 5.32 Å². The van der Waals surface area contributed by atoms with Crippen molar-refractivity contribution in [2.45, 2.75) is 64.1 Å². The fourth-order valence-corrected chi connectivity index (χ4v) is 4.66. The number of hydrogen-bond donors (Lipinski definition) is 2. The molecule has 0 atom stereocenters. The van der Waals surface area contributed by atoms with E-state index in [4.69, 9.17) is 9.15 Å². The summed E-state index contributed by atoms with van der Waals surface area (Å²) in [5.74, 6) is 0.824. The summed E-state index contributed by atoms with van der Waals surface area (Å²) in [7, 11) is 0. The van der Waals surface area contributed by atoms with Crippen LogP contribution in [-0.4, -0.2) is 28.8 Å². The molecule has 6 nitrogen and oxygen atoms in total. The van der Waals surface area contributed by atoms with Crippen molar-refractivity contribution in [1.29, 1.82) is 0 Å². The molecular formula is C28H31N3O3. The number of para-hydroxylation sites is 1. The van der Waals surface area contributed by atoms with Crippen molar-refractivity contribution >= 4 is 33.5 Å². The Kier molecular flexibility index (Phi) is 5.90. The van der Waals surface area contributed by atoms with Crippen molar-refractivity contribution in [1.82, 2.24) is 10.3 Å². The molecule has 2 heterocycles. The van der Waals surface area contributed by atoms with E-state index in [1.54, 1.807) is 0 Å². The number of alkyl carbamates (subject to hydrolysis) is 1. The molecule has 5 rings (SSSR count). The van der Waals surface area contributed by atoms with E-state index in [0.717, 1.165) is 64.4 Å². The predicted octanol–water partition coefficient (Wildman–Crippen LogP) is 6.90. The Morgan fingerprint density at radius 2 is 1.74 bits per heavy atom. The Morgan fingerprint density at radius 1 is 0.971 bits per heavy atom. The maximum absolute atomic E-state index is 12.1. The lowest BCUT2D eigenvalue weighted by molar-refractivity contribution is 0.0492. The summed E-state index contributed by atoms with van der Waals surface area (Å²) in [6.45, 7) is 5.64. The number of nitrogens with one attached hydrogen (secondary N) is 2. The van der Waals surface area contributed by atoms with E-state index >= 15 is 0 Å². The molecule has 176 valence electrons. The molecule has 2 aromatic carbocycles. The zero-order chi connectivity index (χ0) is 23.7.